The molecule has 0 radical (unpaired) electrons. The maximum atomic E-state index is 11.9. The van der Waals surface area contributed by atoms with Gasteiger partial charge in [-0.05, 0) is 13.3 Å². The summed E-state index contributed by atoms with van der Waals surface area (Å²) in [7, 11) is 0. The van der Waals surface area contributed by atoms with E-state index in [1.165, 1.54) is 0 Å². The van der Waals surface area contributed by atoms with Crippen molar-refractivity contribution in [1.29, 1.82) is 0 Å². The fourth-order valence-electron chi connectivity index (χ4n) is 1.73. The fraction of sp³-hybridized carbons (Fsp3) is 0.800. The molecule has 0 aromatic carbocycles. The number of halogens is 1. The topological polar surface area (TPSA) is 75.4 Å². The van der Waals surface area contributed by atoms with E-state index in [1.807, 2.05) is 6.92 Å². The molecule has 1 saturated heterocycles. The third-order valence-corrected chi connectivity index (χ3v) is 2.70. The summed E-state index contributed by atoms with van der Waals surface area (Å²) in [6.07, 6.45) is 1.55. The van der Waals surface area contributed by atoms with Crippen molar-refractivity contribution < 1.29 is 9.59 Å². The predicted octanol–water partition coefficient (Wildman–Crippen LogP) is -0.117. The molecule has 0 saturated carbocycles. The molecule has 16 heavy (non-hydrogen) atoms. The molecule has 0 spiro atoms. The number of amides is 2. The smallest absolute Gasteiger partial charge is 0.242 e. The highest BCUT2D eigenvalue weighted by Crippen LogP contribution is 2.07. The van der Waals surface area contributed by atoms with Gasteiger partial charge >= 0.3 is 0 Å². The molecule has 1 rings (SSSR count). The van der Waals surface area contributed by atoms with Gasteiger partial charge in [-0.3, -0.25) is 9.59 Å². The Hall–Kier alpha value is -0.810. The molecule has 3 N–H and O–H groups in total. The maximum absolute atomic E-state index is 11.9. The largest absolute Gasteiger partial charge is 0.353 e. The number of hydrogen-bond acceptors (Lipinski definition) is 3. The molecule has 94 valence electrons. The van der Waals surface area contributed by atoms with Crippen molar-refractivity contribution in [2.45, 2.75) is 38.8 Å². The highest BCUT2D eigenvalue weighted by Gasteiger charge is 2.31. The zero-order valence-electron chi connectivity index (χ0n) is 9.73. The Labute approximate surface area is 102 Å². The van der Waals surface area contributed by atoms with Crippen LogP contribution in [0.5, 0.6) is 0 Å². The van der Waals surface area contributed by atoms with Crippen LogP contribution in [0.1, 0.15) is 26.7 Å². The van der Waals surface area contributed by atoms with Crippen LogP contribution in [0.25, 0.3) is 0 Å². The third-order valence-electron chi connectivity index (χ3n) is 2.70. The number of rotatable bonds is 3. The highest BCUT2D eigenvalue weighted by molar-refractivity contribution is 5.90. The molecule has 5 nitrogen and oxygen atoms in total. The summed E-state index contributed by atoms with van der Waals surface area (Å²) in [4.78, 5) is 24.8. The van der Waals surface area contributed by atoms with Gasteiger partial charge in [0.2, 0.25) is 11.8 Å². The first-order valence-electron chi connectivity index (χ1n) is 5.41. The summed E-state index contributed by atoms with van der Waals surface area (Å²) in [5.41, 5.74) is 5.74. The average molecular weight is 250 g/mol. The van der Waals surface area contributed by atoms with Crippen LogP contribution in [0.3, 0.4) is 0 Å². The summed E-state index contributed by atoms with van der Waals surface area (Å²) >= 11 is 0. The monoisotopic (exact) mass is 249 g/mol. The van der Waals surface area contributed by atoms with Gasteiger partial charge in [-0.1, -0.05) is 13.3 Å². The summed E-state index contributed by atoms with van der Waals surface area (Å²) in [5.74, 6) is -0.211. The Morgan fingerprint density at radius 3 is 2.88 bits per heavy atom. The maximum Gasteiger partial charge on any atom is 0.242 e. The predicted molar refractivity (Wildman–Crippen MR) is 64.3 cm³/mol. The Balaban J connectivity index is 0.00000225. The van der Waals surface area contributed by atoms with Crippen LogP contribution in [0, 0.1) is 0 Å². The molecule has 1 aliphatic heterocycles. The number of nitrogens with zero attached hydrogens (tertiary/aromatic N) is 1. The zero-order chi connectivity index (χ0) is 11.4. The minimum Gasteiger partial charge on any atom is -0.353 e. The normalized spacial score (nSPS) is 22.1. The minimum absolute atomic E-state index is 0. The number of nitrogens with one attached hydrogen (secondary N) is 1. The number of hydrogen-bond donors (Lipinski definition) is 2. The van der Waals surface area contributed by atoms with E-state index < -0.39 is 12.1 Å². The van der Waals surface area contributed by atoms with Gasteiger partial charge in [0.25, 0.3) is 0 Å². The Morgan fingerprint density at radius 1 is 1.69 bits per heavy atom. The van der Waals surface area contributed by atoms with Crippen LogP contribution < -0.4 is 11.1 Å². The Morgan fingerprint density at radius 2 is 2.31 bits per heavy atom. The van der Waals surface area contributed by atoms with E-state index in [0.29, 0.717) is 19.5 Å². The molecule has 1 fully saturated rings. The van der Waals surface area contributed by atoms with E-state index in [-0.39, 0.29) is 24.2 Å². The molecule has 0 aromatic heterocycles. The second-order valence-electron chi connectivity index (χ2n) is 3.89. The van der Waals surface area contributed by atoms with Crippen LogP contribution in [-0.4, -0.2) is 41.9 Å². The van der Waals surface area contributed by atoms with Crippen LogP contribution in [-0.2, 0) is 9.59 Å². The molecule has 0 aliphatic carbocycles. The molecule has 6 heteroatoms. The molecule has 1 heterocycles. The summed E-state index contributed by atoms with van der Waals surface area (Å²) in [5, 5.41) is 2.71. The van der Waals surface area contributed by atoms with Crippen molar-refractivity contribution in [3.05, 3.63) is 0 Å². The van der Waals surface area contributed by atoms with E-state index in [1.54, 1.807) is 11.8 Å². The van der Waals surface area contributed by atoms with Crippen molar-refractivity contribution in [2.24, 2.45) is 5.73 Å². The van der Waals surface area contributed by atoms with E-state index in [2.05, 4.69) is 5.32 Å². The van der Waals surface area contributed by atoms with Crippen molar-refractivity contribution >= 4 is 24.2 Å². The van der Waals surface area contributed by atoms with Gasteiger partial charge < -0.3 is 16.0 Å². The zero-order valence-corrected chi connectivity index (χ0v) is 10.5. The van der Waals surface area contributed by atoms with Gasteiger partial charge in [0.05, 0.1) is 6.04 Å². The van der Waals surface area contributed by atoms with Gasteiger partial charge in [-0.15, -0.1) is 12.4 Å². The second kappa shape index (κ2) is 6.70. The van der Waals surface area contributed by atoms with Crippen molar-refractivity contribution in [2.75, 3.05) is 13.1 Å². The number of piperazine rings is 1. The molecule has 0 bridgehead atoms. The summed E-state index contributed by atoms with van der Waals surface area (Å²) < 4.78 is 0. The van der Waals surface area contributed by atoms with Gasteiger partial charge in [0.15, 0.2) is 0 Å². The first kappa shape index (κ1) is 15.2. The number of nitrogens with two attached hydrogens (primary N) is 1. The van der Waals surface area contributed by atoms with Gasteiger partial charge in [-0.25, -0.2) is 0 Å². The van der Waals surface area contributed by atoms with Crippen LogP contribution in [0.15, 0.2) is 0 Å². The molecule has 2 atom stereocenters. The van der Waals surface area contributed by atoms with E-state index in [4.69, 9.17) is 5.73 Å². The molecular formula is C10H20ClN3O2. The van der Waals surface area contributed by atoms with Crippen molar-refractivity contribution in [3.8, 4) is 0 Å². The molecular weight excluding hydrogens is 230 g/mol. The summed E-state index contributed by atoms with van der Waals surface area (Å²) in [6.45, 7) is 4.79. The fourth-order valence-corrected chi connectivity index (χ4v) is 1.73. The average Bonchev–Trinajstić information content (AvgIpc) is 2.21. The SMILES string of the molecule is CCCC(N)C(=O)N1CCNC(=O)C1C.Cl. The molecule has 1 aliphatic rings. The highest BCUT2D eigenvalue weighted by atomic mass is 35.5. The Bertz CT molecular complexity index is 260. The number of carbonyl (C=O) groups excluding carboxylic acids is 2. The quantitative estimate of drug-likeness (QED) is 0.733. The first-order valence-corrected chi connectivity index (χ1v) is 5.41. The second-order valence-corrected chi connectivity index (χ2v) is 3.89. The van der Waals surface area contributed by atoms with Crippen LogP contribution in [0.2, 0.25) is 0 Å². The lowest BCUT2D eigenvalue weighted by molar-refractivity contribution is -0.143. The van der Waals surface area contributed by atoms with Gasteiger partial charge in [0.1, 0.15) is 6.04 Å². The van der Waals surface area contributed by atoms with Crippen LogP contribution >= 0.6 is 12.4 Å². The van der Waals surface area contributed by atoms with E-state index in [9.17, 15) is 9.59 Å². The minimum atomic E-state index is -0.469. The number of carbonyl (C=O) groups is 2. The lowest BCUT2D eigenvalue weighted by Gasteiger charge is -2.34. The van der Waals surface area contributed by atoms with Crippen LogP contribution in [0.4, 0.5) is 0 Å². The molecule has 2 unspecified atom stereocenters. The van der Waals surface area contributed by atoms with Crippen molar-refractivity contribution in [1.82, 2.24) is 10.2 Å². The van der Waals surface area contributed by atoms with Gasteiger partial charge in [0, 0.05) is 13.1 Å². The molecule has 0 aromatic rings. The third kappa shape index (κ3) is 3.35. The molecule has 2 amide bonds. The van der Waals surface area contributed by atoms with E-state index >= 15 is 0 Å². The lowest BCUT2D eigenvalue weighted by Crippen LogP contribution is -2.59. The first-order chi connectivity index (χ1) is 7.07. The van der Waals surface area contributed by atoms with Gasteiger partial charge in [-0.2, -0.15) is 0 Å². The standard InChI is InChI=1S/C10H19N3O2.ClH/c1-3-4-8(11)10(15)13-6-5-12-9(14)7(13)2;/h7-8H,3-6,11H2,1-2H3,(H,12,14);1H. The summed E-state index contributed by atoms with van der Waals surface area (Å²) in [6, 6.07) is -0.863. The van der Waals surface area contributed by atoms with E-state index in [0.717, 1.165) is 6.42 Å². The lowest BCUT2D eigenvalue weighted by atomic mass is 10.1. The Kier molecular flexibility index (Phi) is 6.36. The van der Waals surface area contributed by atoms with Crippen molar-refractivity contribution in [3.63, 3.8) is 0 Å².